The molecular weight excluding hydrogens is 234 g/mol. The van der Waals surface area contributed by atoms with Gasteiger partial charge < -0.3 is 10.5 Å². The number of carbonyl (C=O) groups excluding carboxylic acids is 2. The highest BCUT2D eigenvalue weighted by molar-refractivity contribution is 5.94. The lowest BCUT2D eigenvalue weighted by molar-refractivity contribution is -0.130. The second-order valence-corrected chi connectivity index (χ2v) is 5.05. The van der Waals surface area contributed by atoms with Crippen molar-refractivity contribution in [3.8, 4) is 0 Å². The Hall–Kier alpha value is -1.14. The Balaban J connectivity index is 1.94. The van der Waals surface area contributed by atoms with Crippen molar-refractivity contribution in [2.45, 2.75) is 38.3 Å². The molecule has 0 aromatic rings. The number of hydrogen-bond acceptors (Lipinski definition) is 5. The molecule has 18 heavy (non-hydrogen) atoms. The van der Waals surface area contributed by atoms with Gasteiger partial charge in [-0.05, 0) is 26.3 Å². The van der Waals surface area contributed by atoms with E-state index in [9.17, 15) is 9.59 Å². The van der Waals surface area contributed by atoms with E-state index < -0.39 is 6.09 Å². The Kier molecular flexibility index (Phi) is 4.19. The molecule has 2 amide bonds. The van der Waals surface area contributed by atoms with Gasteiger partial charge in [0.05, 0.1) is 13.1 Å². The van der Waals surface area contributed by atoms with Crippen LogP contribution in [0, 0.1) is 0 Å². The van der Waals surface area contributed by atoms with Crippen LogP contribution in [0.2, 0.25) is 0 Å². The SMILES string of the molecule is CC(N)C1CCCCN1CC(=O)N1CCOC1=O. The highest BCUT2D eigenvalue weighted by atomic mass is 16.6. The second kappa shape index (κ2) is 5.67. The van der Waals surface area contributed by atoms with Crippen molar-refractivity contribution in [3.63, 3.8) is 0 Å². The van der Waals surface area contributed by atoms with Crippen molar-refractivity contribution in [1.82, 2.24) is 9.80 Å². The molecule has 2 heterocycles. The quantitative estimate of drug-likeness (QED) is 0.778. The maximum Gasteiger partial charge on any atom is 0.416 e. The summed E-state index contributed by atoms with van der Waals surface area (Å²) in [6, 6.07) is 0.282. The minimum absolute atomic E-state index is 0.0450. The lowest BCUT2D eigenvalue weighted by atomic mass is 9.97. The average Bonchev–Trinajstić information content (AvgIpc) is 2.76. The summed E-state index contributed by atoms with van der Waals surface area (Å²) in [6.45, 7) is 3.79. The molecule has 2 rings (SSSR count). The molecule has 2 saturated heterocycles. The maximum atomic E-state index is 12.0. The predicted octanol–water partition coefficient (Wildman–Crippen LogP) is 0.167. The highest BCUT2D eigenvalue weighted by Gasteiger charge is 2.32. The fraction of sp³-hybridized carbons (Fsp3) is 0.833. The van der Waals surface area contributed by atoms with Crippen LogP contribution in [0.1, 0.15) is 26.2 Å². The van der Waals surface area contributed by atoms with Crippen molar-refractivity contribution in [2.24, 2.45) is 5.73 Å². The van der Waals surface area contributed by atoms with Gasteiger partial charge in [0, 0.05) is 12.1 Å². The van der Waals surface area contributed by atoms with Crippen LogP contribution in [-0.2, 0) is 9.53 Å². The Labute approximate surface area is 107 Å². The van der Waals surface area contributed by atoms with Gasteiger partial charge in [-0.15, -0.1) is 0 Å². The number of likely N-dealkylation sites (tertiary alicyclic amines) is 1. The fourth-order valence-corrected chi connectivity index (χ4v) is 2.69. The topological polar surface area (TPSA) is 75.9 Å². The Morgan fingerprint density at radius 3 is 2.89 bits per heavy atom. The summed E-state index contributed by atoms with van der Waals surface area (Å²) in [5.74, 6) is -0.176. The van der Waals surface area contributed by atoms with Crippen molar-refractivity contribution in [2.75, 3.05) is 26.2 Å². The normalized spacial score (nSPS) is 27.1. The molecule has 0 bridgehead atoms. The first kappa shape index (κ1) is 13.3. The van der Waals surface area contributed by atoms with Crippen LogP contribution in [0.4, 0.5) is 4.79 Å². The van der Waals surface area contributed by atoms with Crippen LogP contribution < -0.4 is 5.73 Å². The summed E-state index contributed by atoms with van der Waals surface area (Å²) < 4.78 is 4.77. The van der Waals surface area contributed by atoms with E-state index in [0.717, 1.165) is 25.8 Å². The third kappa shape index (κ3) is 2.81. The molecule has 0 aromatic carbocycles. The van der Waals surface area contributed by atoms with Crippen LogP contribution in [0.5, 0.6) is 0 Å². The standard InChI is InChI=1S/C12H21N3O3/c1-9(13)10-4-2-3-5-14(10)8-11(16)15-6-7-18-12(15)17/h9-10H,2-8,13H2,1H3. The molecule has 0 saturated carbocycles. The Morgan fingerprint density at radius 2 is 2.28 bits per heavy atom. The summed E-state index contributed by atoms with van der Waals surface area (Å²) in [5.41, 5.74) is 5.96. The number of rotatable bonds is 3. The van der Waals surface area contributed by atoms with Crippen molar-refractivity contribution < 1.29 is 14.3 Å². The molecule has 2 aliphatic heterocycles. The molecule has 0 spiro atoms. The van der Waals surface area contributed by atoms with E-state index in [1.807, 2.05) is 6.92 Å². The molecule has 2 atom stereocenters. The van der Waals surface area contributed by atoms with E-state index in [1.54, 1.807) is 0 Å². The molecule has 0 radical (unpaired) electrons. The van der Waals surface area contributed by atoms with Gasteiger partial charge in [0.25, 0.3) is 0 Å². The Bertz CT molecular complexity index is 333. The van der Waals surface area contributed by atoms with Crippen molar-refractivity contribution in [3.05, 3.63) is 0 Å². The Morgan fingerprint density at radius 1 is 1.50 bits per heavy atom. The summed E-state index contributed by atoms with van der Waals surface area (Å²) in [5, 5.41) is 0. The third-order valence-corrected chi connectivity index (χ3v) is 3.67. The molecule has 6 nitrogen and oxygen atoms in total. The van der Waals surface area contributed by atoms with Crippen LogP contribution in [0.15, 0.2) is 0 Å². The molecule has 6 heteroatoms. The number of carbonyl (C=O) groups is 2. The van der Waals surface area contributed by atoms with E-state index in [1.165, 1.54) is 4.90 Å². The molecule has 2 unspecified atom stereocenters. The molecule has 0 aromatic heterocycles. The van der Waals surface area contributed by atoms with E-state index in [-0.39, 0.29) is 24.5 Å². The van der Waals surface area contributed by atoms with Gasteiger partial charge in [0.2, 0.25) is 5.91 Å². The maximum absolute atomic E-state index is 12.0. The highest BCUT2D eigenvalue weighted by Crippen LogP contribution is 2.19. The van der Waals surface area contributed by atoms with E-state index >= 15 is 0 Å². The largest absolute Gasteiger partial charge is 0.447 e. The summed E-state index contributed by atoms with van der Waals surface area (Å²) in [4.78, 5) is 26.6. The van der Waals surface area contributed by atoms with Gasteiger partial charge in [-0.25, -0.2) is 9.69 Å². The summed E-state index contributed by atoms with van der Waals surface area (Å²) in [7, 11) is 0. The van der Waals surface area contributed by atoms with Gasteiger partial charge in [-0.3, -0.25) is 9.69 Å². The van der Waals surface area contributed by atoms with Gasteiger partial charge in [-0.2, -0.15) is 0 Å². The number of piperidine rings is 1. The molecular formula is C12H21N3O3. The number of imide groups is 1. The number of amides is 2. The zero-order chi connectivity index (χ0) is 13.1. The lowest BCUT2D eigenvalue weighted by Crippen LogP contribution is -2.52. The lowest BCUT2D eigenvalue weighted by Gasteiger charge is -2.37. The first-order valence-corrected chi connectivity index (χ1v) is 6.56. The number of cyclic esters (lactones) is 1. The van der Waals surface area contributed by atoms with Crippen LogP contribution in [-0.4, -0.2) is 60.1 Å². The van der Waals surface area contributed by atoms with Crippen LogP contribution in [0.3, 0.4) is 0 Å². The smallest absolute Gasteiger partial charge is 0.416 e. The number of nitrogens with two attached hydrogens (primary N) is 1. The monoisotopic (exact) mass is 255 g/mol. The number of hydrogen-bond donors (Lipinski definition) is 1. The van der Waals surface area contributed by atoms with Crippen LogP contribution in [0.25, 0.3) is 0 Å². The number of ether oxygens (including phenoxy) is 1. The van der Waals surface area contributed by atoms with E-state index in [2.05, 4.69) is 4.90 Å². The predicted molar refractivity (Wildman–Crippen MR) is 65.9 cm³/mol. The van der Waals surface area contributed by atoms with Gasteiger partial charge in [0.15, 0.2) is 0 Å². The first-order valence-electron chi connectivity index (χ1n) is 6.56. The second-order valence-electron chi connectivity index (χ2n) is 5.05. The molecule has 2 aliphatic rings. The first-order chi connectivity index (χ1) is 8.59. The molecule has 102 valence electrons. The molecule has 0 aliphatic carbocycles. The molecule has 2 N–H and O–H groups in total. The summed E-state index contributed by atoms with van der Waals surface area (Å²) in [6.07, 6.45) is 2.74. The zero-order valence-corrected chi connectivity index (χ0v) is 10.8. The van der Waals surface area contributed by atoms with Gasteiger partial charge in [0.1, 0.15) is 6.61 Å². The summed E-state index contributed by atoms with van der Waals surface area (Å²) >= 11 is 0. The van der Waals surface area contributed by atoms with E-state index in [4.69, 9.17) is 10.5 Å². The van der Waals surface area contributed by atoms with Gasteiger partial charge in [-0.1, -0.05) is 6.42 Å². The van der Waals surface area contributed by atoms with Crippen LogP contribution >= 0.6 is 0 Å². The number of nitrogens with zero attached hydrogens (tertiary/aromatic N) is 2. The van der Waals surface area contributed by atoms with E-state index in [0.29, 0.717) is 13.2 Å². The fourth-order valence-electron chi connectivity index (χ4n) is 2.69. The molecule has 2 fully saturated rings. The zero-order valence-electron chi connectivity index (χ0n) is 10.8. The van der Waals surface area contributed by atoms with Crippen molar-refractivity contribution in [1.29, 1.82) is 0 Å². The van der Waals surface area contributed by atoms with Crippen molar-refractivity contribution >= 4 is 12.0 Å². The third-order valence-electron chi connectivity index (χ3n) is 3.67. The van der Waals surface area contributed by atoms with Gasteiger partial charge >= 0.3 is 6.09 Å². The minimum atomic E-state index is -0.519. The minimum Gasteiger partial charge on any atom is -0.447 e. The average molecular weight is 255 g/mol.